The SMILES string of the molecule is CCCCN1C(=O)c2ccc(C(=O)N3CCN(C(=O)c4ccc(C)s4)CC3)cc2C1=O. The van der Waals surface area contributed by atoms with E-state index in [1.54, 1.807) is 21.9 Å². The first-order valence-electron chi connectivity index (χ1n) is 10.6. The van der Waals surface area contributed by atoms with E-state index in [2.05, 4.69) is 0 Å². The summed E-state index contributed by atoms with van der Waals surface area (Å²) in [5.41, 5.74) is 1.05. The molecule has 2 aliphatic rings. The van der Waals surface area contributed by atoms with Crippen LogP contribution in [0.5, 0.6) is 0 Å². The van der Waals surface area contributed by atoms with Gasteiger partial charge in [0.05, 0.1) is 16.0 Å². The summed E-state index contributed by atoms with van der Waals surface area (Å²) in [6.07, 6.45) is 1.64. The van der Waals surface area contributed by atoms with Gasteiger partial charge in [0.15, 0.2) is 0 Å². The molecule has 0 N–H and O–H groups in total. The smallest absolute Gasteiger partial charge is 0.264 e. The lowest BCUT2D eigenvalue weighted by molar-refractivity contribution is 0.0538. The highest BCUT2D eigenvalue weighted by Gasteiger charge is 2.36. The van der Waals surface area contributed by atoms with Crippen molar-refractivity contribution in [1.82, 2.24) is 14.7 Å². The minimum Gasteiger partial charge on any atom is -0.335 e. The first-order chi connectivity index (χ1) is 14.9. The second kappa shape index (κ2) is 8.63. The Kier molecular flexibility index (Phi) is 5.91. The normalized spacial score (nSPS) is 16.1. The minimum atomic E-state index is -0.329. The van der Waals surface area contributed by atoms with Gasteiger partial charge in [-0.25, -0.2) is 0 Å². The topological polar surface area (TPSA) is 78.0 Å². The lowest BCUT2D eigenvalue weighted by Crippen LogP contribution is -2.50. The van der Waals surface area contributed by atoms with E-state index < -0.39 is 0 Å². The average molecular weight is 440 g/mol. The molecule has 0 atom stereocenters. The predicted octanol–water partition coefficient (Wildman–Crippen LogP) is 3.05. The fraction of sp³-hybridized carbons (Fsp3) is 0.391. The minimum absolute atomic E-state index is 0.000917. The standard InChI is InChI=1S/C23H25N3O4S/c1-3-4-9-26-21(28)17-7-6-16(14-18(17)22(26)29)20(27)24-10-12-25(13-11-24)23(30)19-8-5-15(2)31-19/h5-8,14H,3-4,9-13H2,1-2H3. The molecular formula is C23H25N3O4S. The molecule has 1 aromatic heterocycles. The molecule has 0 spiro atoms. The Morgan fingerprint density at radius 1 is 0.903 bits per heavy atom. The average Bonchev–Trinajstić information content (AvgIpc) is 3.32. The fourth-order valence-electron chi connectivity index (χ4n) is 3.94. The van der Waals surface area contributed by atoms with E-state index in [0.29, 0.717) is 54.3 Å². The maximum absolute atomic E-state index is 13.0. The van der Waals surface area contributed by atoms with Crippen LogP contribution in [0.25, 0.3) is 0 Å². The molecule has 0 bridgehead atoms. The van der Waals surface area contributed by atoms with Crippen LogP contribution in [-0.2, 0) is 0 Å². The molecule has 7 nitrogen and oxygen atoms in total. The molecular weight excluding hydrogens is 414 g/mol. The second-order valence-electron chi connectivity index (χ2n) is 7.87. The maximum atomic E-state index is 13.0. The molecule has 4 rings (SSSR count). The Morgan fingerprint density at radius 2 is 1.55 bits per heavy atom. The molecule has 8 heteroatoms. The molecule has 31 heavy (non-hydrogen) atoms. The largest absolute Gasteiger partial charge is 0.335 e. The number of benzene rings is 1. The van der Waals surface area contributed by atoms with Crippen LogP contribution in [-0.4, -0.2) is 71.1 Å². The van der Waals surface area contributed by atoms with E-state index in [-0.39, 0.29) is 23.6 Å². The van der Waals surface area contributed by atoms with E-state index in [9.17, 15) is 19.2 Å². The van der Waals surface area contributed by atoms with Crippen molar-refractivity contribution in [3.63, 3.8) is 0 Å². The van der Waals surface area contributed by atoms with Crippen LogP contribution in [0.15, 0.2) is 30.3 Å². The monoisotopic (exact) mass is 439 g/mol. The van der Waals surface area contributed by atoms with Gasteiger partial charge in [0, 0.05) is 43.2 Å². The summed E-state index contributed by atoms with van der Waals surface area (Å²) in [5, 5.41) is 0. The zero-order chi connectivity index (χ0) is 22.1. The summed E-state index contributed by atoms with van der Waals surface area (Å²) in [4.78, 5) is 57.3. The maximum Gasteiger partial charge on any atom is 0.264 e. The number of amides is 4. The number of thiophene rings is 1. The van der Waals surface area contributed by atoms with Crippen molar-refractivity contribution < 1.29 is 19.2 Å². The third-order valence-electron chi connectivity index (χ3n) is 5.76. The number of aryl methyl sites for hydroxylation is 1. The first kappa shape index (κ1) is 21.2. The number of hydrogen-bond donors (Lipinski definition) is 0. The molecule has 2 aromatic rings. The number of carbonyl (C=O) groups is 4. The fourth-order valence-corrected chi connectivity index (χ4v) is 4.78. The van der Waals surface area contributed by atoms with Crippen LogP contribution in [0.3, 0.4) is 0 Å². The molecule has 0 aliphatic carbocycles. The third-order valence-corrected chi connectivity index (χ3v) is 6.75. The van der Waals surface area contributed by atoms with Crippen molar-refractivity contribution in [2.24, 2.45) is 0 Å². The number of fused-ring (bicyclic) bond motifs is 1. The zero-order valence-electron chi connectivity index (χ0n) is 17.7. The number of rotatable bonds is 5. The summed E-state index contributed by atoms with van der Waals surface area (Å²) in [5.74, 6) is -0.804. The highest BCUT2D eigenvalue weighted by molar-refractivity contribution is 7.13. The summed E-state index contributed by atoms with van der Waals surface area (Å²) < 4.78 is 0. The van der Waals surface area contributed by atoms with Gasteiger partial charge in [0.2, 0.25) is 0 Å². The van der Waals surface area contributed by atoms with E-state index in [1.165, 1.54) is 22.3 Å². The molecule has 162 valence electrons. The summed E-state index contributed by atoms with van der Waals surface area (Å²) in [7, 11) is 0. The van der Waals surface area contributed by atoms with Gasteiger partial charge in [0.25, 0.3) is 23.6 Å². The van der Waals surface area contributed by atoms with Gasteiger partial charge in [-0.3, -0.25) is 24.1 Å². The molecule has 1 fully saturated rings. The quantitative estimate of drug-likeness (QED) is 0.671. The predicted molar refractivity (Wildman–Crippen MR) is 118 cm³/mol. The van der Waals surface area contributed by atoms with E-state index in [0.717, 1.165) is 17.7 Å². The molecule has 2 aliphatic heterocycles. The summed E-state index contributed by atoms with van der Waals surface area (Å²) in [6, 6.07) is 8.50. The van der Waals surface area contributed by atoms with Crippen LogP contribution in [0.2, 0.25) is 0 Å². The Bertz CT molecular complexity index is 1050. The van der Waals surface area contributed by atoms with Crippen molar-refractivity contribution in [2.75, 3.05) is 32.7 Å². The van der Waals surface area contributed by atoms with Crippen molar-refractivity contribution in [3.8, 4) is 0 Å². The van der Waals surface area contributed by atoms with Gasteiger partial charge in [-0.15, -0.1) is 11.3 Å². The van der Waals surface area contributed by atoms with Crippen molar-refractivity contribution in [1.29, 1.82) is 0 Å². The highest BCUT2D eigenvalue weighted by Crippen LogP contribution is 2.25. The van der Waals surface area contributed by atoms with Crippen LogP contribution < -0.4 is 0 Å². The summed E-state index contributed by atoms with van der Waals surface area (Å²) in [6.45, 7) is 6.16. The van der Waals surface area contributed by atoms with Crippen LogP contribution in [0.1, 0.15) is 65.4 Å². The van der Waals surface area contributed by atoms with Gasteiger partial charge >= 0.3 is 0 Å². The number of hydrogen-bond acceptors (Lipinski definition) is 5. The number of imide groups is 1. The van der Waals surface area contributed by atoms with Gasteiger partial charge < -0.3 is 9.80 Å². The third kappa shape index (κ3) is 3.99. The number of nitrogens with zero attached hydrogens (tertiary/aromatic N) is 3. The number of piperazine rings is 1. The molecule has 4 amide bonds. The van der Waals surface area contributed by atoms with Crippen molar-refractivity contribution in [3.05, 3.63) is 56.8 Å². The second-order valence-corrected chi connectivity index (χ2v) is 9.16. The Morgan fingerprint density at radius 3 is 2.16 bits per heavy atom. The van der Waals surface area contributed by atoms with Gasteiger partial charge in [-0.2, -0.15) is 0 Å². The van der Waals surface area contributed by atoms with Gasteiger partial charge in [-0.1, -0.05) is 13.3 Å². The van der Waals surface area contributed by atoms with Crippen LogP contribution in [0.4, 0.5) is 0 Å². The molecule has 0 unspecified atom stereocenters. The lowest BCUT2D eigenvalue weighted by atomic mass is 10.0. The molecule has 0 saturated carbocycles. The van der Waals surface area contributed by atoms with E-state index >= 15 is 0 Å². The van der Waals surface area contributed by atoms with Crippen LogP contribution in [0, 0.1) is 6.92 Å². The number of unbranched alkanes of at least 4 members (excludes halogenated alkanes) is 1. The zero-order valence-corrected chi connectivity index (χ0v) is 18.5. The van der Waals surface area contributed by atoms with Gasteiger partial charge in [0.1, 0.15) is 0 Å². The first-order valence-corrected chi connectivity index (χ1v) is 11.4. The molecule has 0 radical (unpaired) electrons. The van der Waals surface area contributed by atoms with Crippen molar-refractivity contribution in [2.45, 2.75) is 26.7 Å². The molecule has 1 aromatic carbocycles. The Labute approximate surface area is 185 Å². The number of carbonyl (C=O) groups excluding carboxylic acids is 4. The molecule has 3 heterocycles. The van der Waals surface area contributed by atoms with E-state index in [4.69, 9.17) is 0 Å². The Hall–Kier alpha value is -3.00. The molecule has 1 saturated heterocycles. The summed E-state index contributed by atoms with van der Waals surface area (Å²) >= 11 is 1.47. The van der Waals surface area contributed by atoms with E-state index in [1.807, 2.05) is 26.0 Å². The highest BCUT2D eigenvalue weighted by atomic mass is 32.1. The van der Waals surface area contributed by atoms with Crippen LogP contribution >= 0.6 is 11.3 Å². The lowest BCUT2D eigenvalue weighted by Gasteiger charge is -2.34. The van der Waals surface area contributed by atoms with Gasteiger partial charge in [-0.05, 0) is 43.7 Å². The Balaban J connectivity index is 1.42. The van der Waals surface area contributed by atoms with Crippen molar-refractivity contribution >= 4 is 35.0 Å².